The molecule has 0 radical (unpaired) electrons. The summed E-state index contributed by atoms with van der Waals surface area (Å²) in [5.74, 6) is 0. The van der Waals surface area contributed by atoms with Gasteiger partial charge in [0.25, 0.3) is 0 Å². The number of halogens is 2. The Morgan fingerprint density at radius 3 is 2.67 bits per heavy atom. The number of benzene rings is 2. The van der Waals surface area contributed by atoms with Crippen molar-refractivity contribution in [2.45, 2.75) is 6.54 Å². The lowest BCUT2D eigenvalue weighted by Gasteiger charge is -2.34. The molecule has 3 aromatic rings. The molecule has 1 aromatic heterocycles. The van der Waals surface area contributed by atoms with Gasteiger partial charge in [0, 0.05) is 33.4 Å². The Labute approximate surface area is 151 Å². The summed E-state index contributed by atoms with van der Waals surface area (Å²) in [5, 5.41) is 2.78. The predicted molar refractivity (Wildman–Crippen MR) is 101 cm³/mol. The molecule has 0 bridgehead atoms. The molecular formula is C19H20Cl2N3+. The molecule has 2 N–H and O–H groups in total. The van der Waals surface area contributed by atoms with E-state index in [9.17, 15) is 0 Å². The lowest BCUT2D eigenvalue weighted by molar-refractivity contribution is -0.914. The van der Waals surface area contributed by atoms with Crippen molar-refractivity contribution in [1.29, 1.82) is 0 Å². The Balaban J connectivity index is 1.44. The number of hydrogen-bond acceptors (Lipinski definition) is 1. The number of hydrogen-bond donors (Lipinski definition) is 2. The Morgan fingerprint density at radius 2 is 1.88 bits per heavy atom. The Kier molecular flexibility index (Phi) is 4.40. The summed E-state index contributed by atoms with van der Waals surface area (Å²) in [6, 6.07) is 14.4. The van der Waals surface area contributed by atoms with Crippen LogP contribution in [0.5, 0.6) is 0 Å². The normalized spacial score (nSPS) is 16.0. The first-order valence-electron chi connectivity index (χ1n) is 8.29. The first-order valence-corrected chi connectivity index (χ1v) is 9.05. The van der Waals surface area contributed by atoms with Crippen LogP contribution in [-0.4, -0.2) is 31.2 Å². The molecule has 1 aliphatic heterocycles. The standard InChI is InChI=1S/C19H19Cl2N3/c20-15-5-4-14(17(21)12-15)13-23-8-10-24(11-9-23)19-3-1-2-18-16(19)6-7-22-18/h1-7,12,22H,8-11,13H2/p+1. The number of nitrogens with one attached hydrogen (secondary N) is 2. The van der Waals surface area contributed by atoms with Crippen LogP contribution >= 0.6 is 23.2 Å². The summed E-state index contributed by atoms with van der Waals surface area (Å²) in [5.41, 5.74) is 3.71. The van der Waals surface area contributed by atoms with Gasteiger partial charge < -0.3 is 14.8 Å². The van der Waals surface area contributed by atoms with Crippen molar-refractivity contribution in [3.05, 3.63) is 64.3 Å². The zero-order valence-corrected chi connectivity index (χ0v) is 14.9. The number of rotatable bonds is 3. The number of fused-ring (bicyclic) bond motifs is 1. The van der Waals surface area contributed by atoms with Crippen molar-refractivity contribution in [3.8, 4) is 0 Å². The molecule has 0 spiro atoms. The predicted octanol–water partition coefficient (Wildman–Crippen LogP) is 3.38. The van der Waals surface area contributed by atoms with E-state index in [1.165, 1.54) is 22.2 Å². The summed E-state index contributed by atoms with van der Waals surface area (Å²) in [6.07, 6.45) is 2.01. The van der Waals surface area contributed by atoms with Crippen LogP contribution in [0.1, 0.15) is 5.56 Å². The van der Waals surface area contributed by atoms with Gasteiger partial charge in [-0.2, -0.15) is 0 Å². The highest BCUT2D eigenvalue weighted by Crippen LogP contribution is 2.26. The SMILES string of the molecule is Clc1ccc(C[NH+]2CCN(c3cccc4[nH]ccc34)CC2)c(Cl)c1. The van der Waals surface area contributed by atoms with Crippen LogP contribution in [-0.2, 0) is 6.54 Å². The average Bonchev–Trinajstić information content (AvgIpc) is 3.07. The molecule has 24 heavy (non-hydrogen) atoms. The van der Waals surface area contributed by atoms with Crippen molar-refractivity contribution in [2.24, 2.45) is 0 Å². The van der Waals surface area contributed by atoms with Crippen molar-refractivity contribution in [1.82, 2.24) is 4.98 Å². The van der Waals surface area contributed by atoms with E-state index in [1.54, 1.807) is 4.90 Å². The van der Waals surface area contributed by atoms with Gasteiger partial charge in [-0.05, 0) is 30.3 Å². The largest absolute Gasteiger partial charge is 0.361 e. The highest BCUT2D eigenvalue weighted by Gasteiger charge is 2.22. The molecule has 2 heterocycles. The minimum Gasteiger partial charge on any atom is -0.361 e. The Bertz CT molecular complexity index is 851. The number of H-pyrrole nitrogens is 1. The molecule has 0 amide bonds. The van der Waals surface area contributed by atoms with Gasteiger partial charge in [0.1, 0.15) is 6.54 Å². The van der Waals surface area contributed by atoms with Gasteiger partial charge in [-0.25, -0.2) is 0 Å². The quantitative estimate of drug-likeness (QED) is 0.734. The third-order valence-corrected chi connectivity index (χ3v) is 5.43. The van der Waals surface area contributed by atoms with Gasteiger partial charge in [0.2, 0.25) is 0 Å². The zero-order chi connectivity index (χ0) is 16.5. The number of nitrogens with zero attached hydrogens (tertiary/aromatic N) is 1. The van der Waals surface area contributed by atoms with Gasteiger partial charge in [-0.1, -0.05) is 35.3 Å². The minimum absolute atomic E-state index is 0.697. The fourth-order valence-electron chi connectivity index (χ4n) is 3.52. The Morgan fingerprint density at radius 1 is 1.04 bits per heavy atom. The molecule has 5 heteroatoms. The molecule has 0 saturated carbocycles. The van der Waals surface area contributed by atoms with Gasteiger partial charge in [-0.3, -0.25) is 0 Å². The maximum atomic E-state index is 6.31. The number of aromatic amines is 1. The molecule has 4 rings (SSSR count). The third kappa shape index (κ3) is 3.12. The molecule has 0 aliphatic carbocycles. The highest BCUT2D eigenvalue weighted by atomic mass is 35.5. The van der Waals surface area contributed by atoms with Gasteiger partial charge in [-0.15, -0.1) is 0 Å². The van der Waals surface area contributed by atoms with E-state index in [1.807, 2.05) is 24.4 Å². The molecule has 1 aliphatic rings. The van der Waals surface area contributed by atoms with E-state index in [2.05, 4.69) is 34.1 Å². The van der Waals surface area contributed by atoms with E-state index in [4.69, 9.17) is 23.2 Å². The second kappa shape index (κ2) is 6.67. The average molecular weight is 361 g/mol. The minimum atomic E-state index is 0.697. The van der Waals surface area contributed by atoms with Crippen molar-refractivity contribution < 1.29 is 4.90 Å². The molecule has 0 atom stereocenters. The van der Waals surface area contributed by atoms with E-state index in [0.717, 1.165) is 37.7 Å². The van der Waals surface area contributed by atoms with Crippen LogP contribution in [0.3, 0.4) is 0 Å². The fourth-order valence-corrected chi connectivity index (χ4v) is 3.99. The summed E-state index contributed by atoms with van der Waals surface area (Å²) in [6.45, 7) is 5.30. The molecular weight excluding hydrogens is 341 g/mol. The lowest BCUT2D eigenvalue weighted by Crippen LogP contribution is -3.13. The number of piperazine rings is 1. The Hall–Kier alpha value is -1.68. The zero-order valence-electron chi connectivity index (χ0n) is 13.4. The molecule has 0 unspecified atom stereocenters. The van der Waals surface area contributed by atoms with Crippen molar-refractivity contribution in [2.75, 3.05) is 31.1 Å². The second-order valence-corrected chi connectivity index (χ2v) is 7.21. The lowest BCUT2D eigenvalue weighted by atomic mass is 10.1. The molecule has 124 valence electrons. The number of quaternary nitrogens is 1. The smallest absolute Gasteiger partial charge is 0.104 e. The summed E-state index contributed by atoms with van der Waals surface area (Å²) >= 11 is 12.3. The van der Waals surface area contributed by atoms with Crippen molar-refractivity contribution >= 4 is 39.8 Å². The first kappa shape index (κ1) is 15.8. The summed E-state index contributed by atoms with van der Waals surface area (Å²) in [7, 11) is 0. The monoisotopic (exact) mass is 360 g/mol. The first-order chi connectivity index (χ1) is 11.7. The summed E-state index contributed by atoms with van der Waals surface area (Å²) in [4.78, 5) is 7.35. The van der Waals surface area contributed by atoms with Gasteiger partial charge in [0.05, 0.1) is 31.2 Å². The second-order valence-electron chi connectivity index (χ2n) is 6.37. The van der Waals surface area contributed by atoms with Crippen LogP contribution < -0.4 is 9.80 Å². The maximum absolute atomic E-state index is 6.31. The van der Waals surface area contributed by atoms with Gasteiger partial charge >= 0.3 is 0 Å². The third-order valence-electron chi connectivity index (χ3n) is 4.84. The van der Waals surface area contributed by atoms with Crippen LogP contribution in [0.4, 0.5) is 5.69 Å². The van der Waals surface area contributed by atoms with Crippen LogP contribution in [0.2, 0.25) is 10.0 Å². The van der Waals surface area contributed by atoms with E-state index >= 15 is 0 Å². The topological polar surface area (TPSA) is 23.5 Å². The fraction of sp³-hybridized carbons (Fsp3) is 0.263. The maximum Gasteiger partial charge on any atom is 0.104 e. The molecule has 1 fully saturated rings. The van der Waals surface area contributed by atoms with Gasteiger partial charge in [0.15, 0.2) is 0 Å². The van der Waals surface area contributed by atoms with Crippen molar-refractivity contribution in [3.63, 3.8) is 0 Å². The van der Waals surface area contributed by atoms with Crippen LogP contribution in [0.25, 0.3) is 10.9 Å². The highest BCUT2D eigenvalue weighted by molar-refractivity contribution is 6.35. The molecule has 1 saturated heterocycles. The molecule has 2 aromatic carbocycles. The summed E-state index contributed by atoms with van der Waals surface area (Å²) < 4.78 is 0. The number of aromatic nitrogens is 1. The van der Waals surface area contributed by atoms with E-state index in [0.29, 0.717) is 5.02 Å². The van der Waals surface area contributed by atoms with Crippen LogP contribution in [0.15, 0.2) is 48.7 Å². The molecule has 3 nitrogen and oxygen atoms in total. The van der Waals surface area contributed by atoms with Crippen LogP contribution in [0, 0.1) is 0 Å². The van der Waals surface area contributed by atoms with E-state index in [-0.39, 0.29) is 0 Å². The number of anilines is 1. The van der Waals surface area contributed by atoms with E-state index < -0.39 is 0 Å².